The topological polar surface area (TPSA) is 23.9 Å². The number of rotatable bonds is 4. The Morgan fingerprint density at radius 3 is 2.50 bits per heavy atom. The van der Waals surface area contributed by atoms with Crippen LogP contribution in [0.15, 0.2) is 30.4 Å². The molecule has 1 nitrogen and oxygen atoms in total. The van der Waals surface area contributed by atoms with E-state index in [1.807, 2.05) is 13.0 Å². The summed E-state index contributed by atoms with van der Waals surface area (Å²) in [5.41, 5.74) is 5.03. The Morgan fingerprint density at radius 1 is 1.38 bits per heavy atom. The summed E-state index contributed by atoms with van der Waals surface area (Å²) < 4.78 is 0. The highest BCUT2D eigenvalue weighted by Gasteiger charge is 2.12. The van der Waals surface area contributed by atoms with Gasteiger partial charge >= 0.3 is 0 Å². The zero-order valence-corrected chi connectivity index (χ0v) is 10.7. The molecule has 1 aromatic rings. The number of benzene rings is 1. The molecule has 0 heterocycles. The summed E-state index contributed by atoms with van der Waals surface area (Å²) in [5.74, 6) is 0.444. The summed E-state index contributed by atoms with van der Waals surface area (Å²) in [7, 11) is 0. The Hall–Kier alpha value is -1.37. The lowest BCUT2D eigenvalue weighted by atomic mass is 9.90. The molecular weight excluding hydrogens is 194 g/mol. The molecule has 0 fully saturated rings. The van der Waals surface area contributed by atoms with Gasteiger partial charge in [-0.25, -0.2) is 0 Å². The van der Waals surface area contributed by atoms with Gasteiger partial charge in [0.2, 0.25) is 0 Å². The fourth-order valence-electron chi connectivity index (χ4n) is 1.75. The van der Waals surface area contributed by atoms with Crippen molar-refractivity contribution < 1.29 is 0 Å². The van der Waals surface area contributed by atoms with Crippen molar-refractivity contribution in [3.8, 4) is 0 Å². The molecule has 0 bridgehead atoms. The minimum Gasteiger partial charge on any atom is -0.300 e. The summed E-state index contributed by atoms with van der Waals surface area (Å²) in [4.78, 5) is 0. The van der Waals surface area contributed by atoms with E-state index in [1.165, 1.54) is 11.1 Å². The molecular formula is C15H21N. The largest absolute Gasteiger partial charge is 0.300 e. The van der Waals surface area contributed by atoms with E-state index in [4.69, 9.17) is 5.41 Å². The first-order valence-electron chi connectivity index (χ1n) is 5.85. The maximum Gasteiger partial charge on any atom is 0.0641 e. The molecule has 86 valence electrons. The number of aryl methyl sites for hydroxylation is 1. The van der Waals surface area contributed by atoms with Gasteiger partial charge in [0.25, 0.3) is 0 Å². The fourth-order valence-corrected chi connectivity index (χ4v) is 1.75. The summed E-state index contributed by atoms with van der Waals surface area (Å²) in [5, 5.41) is 8.14. The molecule has 0 radical (unpaired) electrons. The highest BCUT2D eigenvalue weighted by molar-refractivity contribution is 6.11. The van der Waals surface area contributed by atoms with Crippen LogP contribution in [0.25, 0.3) is 0 Å². The zero-order chi connectivity index (χ0) is 12.3. The molecule has 0 aliphatic rings. The highest BCUT2D eigenvalue weighted by atomic mass is 14.4. The zero-order valence-electron chi connectivity index (χ0n) is 10.7. The van der Waals surface area contributed by atoms with Gasteiger partial charge in [0.15, 0.2) is 0 Å². The Balaban J connectivity index is 3.23. The van der Waals surface area contributed by atoms with Gasteiger partial charge < -0.3 is 0 Å². The summed E-state index contributed by atoms with van der Waals surface area (Å²) >= 11 is 0. The number of hydrogen-bond donors (Lipinski definition) is 1. The predicted molar refractivity (Wildman–Crippen MR) is 71.5 cm³/mol. The van der Waals surface area contributed by atoms with Gasteiger partial charge in [-0.3, -0.25) is 5.41 Å². The molecule has 1 aromatic carbocycles. The molecule has 16 heavy (non-hydrogen) atoms. The van der Waals surface area contributed by atoms with Crippen molar-refractivity contribution in [3.63, 3.8) is 0 Å². The van der Waals surface area contributed by atoms with E-state index in [1.54, 1.807) is 0 Å². The van der Waals surface area contributed by atoms with E-state index in [2.05, 4.69) is 39.5 Å². The minimum atomic E-state index is 0.444. The monoisotopic (exact) mass is 215 g/mol. The van der Waals surface area contributed by atoms with Crippen LogP contribution in [0.1, 0.15) is 49.8 Å². The van der Waals surface area contributed by atoms with Crippen molar-refractivity contribution in [2.24, 2.45) is 0 Å². The molecule has 0 spiro atoms. The van der Waals surface area contributed by atoms with Crippen LogP contribution in [0.2, 0.25) is 0 Å². The second-order valence-electron chi connectivity index (χ2n) is 4.58. The van der Waals surface area contributed by atoms with Crippen LogP contribution in [0, 0.1) is 12.3 Å². The van der Waals surface area contributed by atoms with Crippen molar-refractivity contribution >= 4 is 5.71 Å². The molecule has 0 atom stereocenters. The third-order valence-electron chi connectivity index (χ3n) is 2.88. The van der Waals surface area contributed by atoms with Crippen molar-refractivity contribution in [3.05, 3.63) is 47.0 Å². The molecule has 0 amide bonds. The van der Waals surface area contributed by atoms with Crippen LogP contribution in [0.4, 0.5) is 0 Å². The second-order valence-corrected chi connectivity index (χ2v) is 4.58. The van der Waals surface area contributed by atoms with Gasteiger partial charge in [0.05, 0.1) is 5.71 Å². The van der Waals surface area contributed by atoms with Crippen LogP contribution in [-0.4, -0.2) is 5.71 Å². The average Bonchev–Trinajstić information content (AvgIpc) is 2.26. The average molecular weight is 215 g/mol. The maximum atomic E-state index is 8.14. The molecule has 0 aliphatic heterocycles. The lowest BCUT2D eigenvalue weighted by Gasteiger charge is -2.15. The first-order valence-corrected chi connectivity index (χ1v) is 5.85. The van der Waals surface area contributed by atoms with Crippen molar-refractivity contribution in [1.82, 2.24) is 0 Å². The number of nitrogens with one attached hydrogen (secondary N) is 1. The molecule has 1 rings (SSSR count). The molecule has 0 saturated carbocycles. The highest BCUT2D eigenvalue weighted by Crippen LogP contribution is 2.23. The van der Waals surface area contributed by atoms with E-state index < -0.39 is 0 Å². The van der Waals surface area contributed by atoms with Crippen LogP contribution in [0.3, 0.4) is 0 Å². The maximum absolute atomic E-state index is 8.14. The van der Waals surface area contributed by atoms with Crippen molar-refractivity contribution in [1.29, 1.82) is 5.41 Å². The van der Waals surface area contributed by atoms with Crippen molar-refractivity contribution in [2.75, 3.05) is 0 Å². The normalized spacial score (nSPS) is 10.6. The van der Waals surface area contributed by atoms with Gasteiger partial charge in [0, 0.05) is 5.56 Å². The summed E-state index contributed by atoms with van der Waals surface area (Å²) in [6, 6.07) is 6.30. The Bertz CT molecular complexity index is 413. The Labute approximate surface area is 98.7 Å². The first kappa shape index (κ1) is 12.7. The molecule has 0 aliphatic carbocycles. The third-order valence-corrected chi connectivity index (χ3v) is 2.88. The standard InChI is InChI=1S/C15H21N/c1-6-12(5)15(16)13-8-7-11(4)9-14(13)10(2)3/h7-10,16H,5-6H2,1-4H3. The number of hydrogen-bond acceptors (Lipinski definition) is 1. The van der Waals surface area contributed by atoms with Crippen molar-refractivity contribution in [2.45, 2.75) is 40.0 Å². The molecule has 1 heteroatoms. The van der Waals surface area contributed by atoms with Gasteiger partial charge in [-0.15, -0.1) is 0 Å². The molecule has 0 saturated heterocycles. The smallest absolute Gasteiger partial charge is 0.0641 e. The Morgan fingerprint density at radius 2 is 2.00 bits per heavy atom. The SMILES string of the molecule is C=C(CC)C(=N)c1ccc(C)cc1C(C)C. The lowest BCUT2D eigenvalue weighted by Crippen LogP contribution is -2.07. The van der Waals surface area contributed by atoms with E-state index in [0.29, 0.717) is 11.6 Å². The Kier molecular flexibility index (Phi) is 4.05. The second kappa shape index (κ2) is 5.11. The summed E-state index contributed by atoms with van der Waals surface area (Å²) in [6.45, 7) is 12.4. The van der Waals surface area contributed by atoms with E-state index >= 15 is 0 Å². The van der Waals surface area contributed by atoms with E-state index in [-0.39, 0.29) is 0 Å². The van der Waals surface area contributed by atoms with Crippen LogP contribution < -0.4 is 0 Å². The third kappa shape index (κ3) is 2.60. The first-order chi connectivity index (χ1) is 7.47. The van der Waals surface area contributed by atoms with E-state index in [0.717, 1.165) is 17.6 Å². The van der Waals surface area contributed by atoms with Gasteiger partial charge in [-0.05, 0) is 30.4 Å². The lowest BCUT2D eigenvalue weighted by molar-refractivity contribution is 0.861. The van der Waals surface area contributed by atoms with Gasteiger partial charge in [-0.1, -0.05) is 51.1 Å². The van der Waals surface area contributed by atoms with Crippen LogP contribution in [-0.2, 0) is 0 Å². The predicted octanol–water partition coefficient (Wildman–Crippen LogP) is 4.45. The molecule has 0 aromatic heterocycles. The van der Waals surface area contributed by atoms with Gasteiger partial charge in [0.1, 0.15) is 0 Å². The van der Waals surface area contributed by atoms with E-state index in [9.17, 15) is 0 Å². The van der Waals surface area contributed by atoms with Crippen LogP contribution >= 0.6 is 0 Å². The minimum absolute atomic E-state index is 0.444. The quantitative estimate of drug-likeness (QED) is 0.717. The molecule has 0 unspecified atom stereocenters. The molecule has 1 N–H and O–H groups in total. The van der Waals surface area contributed by atoms with Crippen LogP contribution in [0.5, 0.6) is 0 Å². The number of allylic oxidation sites excluding steroid dienone is 1. The fraction of sp³-hybridized carbons (Fsp3) is 0.400. The summed E-state index contributed by atoms with van der Waals surface area (Å²) in [6.07, 6.45) is 0.838. The van der Waals surface area contributed by atoms with Gasteiger partial charge in [-0.2, -0.15) is 0 Å².